The molecule has 0 amide bonds. The van der Waals surface area contributed by atoms with Crippen LogP contribution in [0.3, 0.4) is 0 Å². The van der Waals surface area contributed by atoms with E-state index in [-0.39, 0.29) is 0 Å². The molecule has 1 aromatic rings. The summed E-state index contributed by atoms with van der Waals surface area (Å²) in [6.45, 7) is 9.90. The van der Waals surface area contributed by atoms with E-state index >= 15 is 0 Å². The van der Waals surface area contributed by atoms with Crippen LogP contribution in [0.25, 0.3) is 0 Å². The Bertz CT molecular complexity index is 429. The van der Waals surface area contributed by atoms with Gasteiger partial charge in [-0.1, -0.05) is 57.5 Å². The number of rotatable bonds is 6. The zero-order valence-electron chi connectivity index (χ0n) is 12.8. The summed E-state index contributed by atoms with van der Waals surface area (Å²) >= 11 is 0. The van der Waals surface area contributed by atoms with Gasteiger partial charge < -0.3 is 10.1 Å². The SMILES string of the molecule is C=CCOc1ccccc1CN[C@H]1CCC[C@H](C)[C@H]1C. The predicted octanol–water partition coefficient (Wildman–Crippen LogP) is 4.17. The van der Waals surface area contributed by atoms with Crippen molar-refractivity contribution in [3.05, 3.63) is 42.5 Å². The van der Waals surface area contributed by atoms with Crippen LogP contribution in [0.1, 0.15) is 38.7 Å². The minimum absolute atomic E-state index is 0.563. The van der Waals surface area contributed by atoms with Crippen LogP contribution >= 0.6 is 0 Å². The normalized spacial score (nSPS) is 26.2. The van der Waals surface area contributed by atoms with Crippen LogP contribution in [0.15, 0.2) is 36.9 Å². The van der Waals surface area contributed by atoms with E-state index in [2.05, 4.69) is 37.9 Å². The summed E-state index contributed by atoms with van der Waals surface area (Å²) in [6, 6.07) is 8.90. The van der Waals surface area contributed by atoms with Crippen molar-refractivity contribution < 1.29 is 4.74 Å². The highest BCUT2D eigenvalue weighted by Crippen LogP contribution is 2.30. The second-order valence-electron chi connectivity index (χ2n) is 5.96. The Balaban J connectivity index is 1.94. The second kappa shape index (κ2) is 7.49. The molecule has 1 saturated carbocycles. The highest BCUT2D eigenvalue weighted by molar-refractivity contribution is 5.33. The topological polar surface area (TPSA) is 21.3 Å². The molecule has 0 radical (unpaired) electrons. The Kier molecular flexibility index (Phi) is 5.66. The minimum Gasteiger partial charge on any atom is -0.489 e. The van der Waals surface area contributed by atoms with Crippen molar-refractivity contribution in [2.24, 2.45) is 11.8 Å². The Hall–Kier alpha value is -1.28. The lowest BCUT2D eigenvalue weighted by Crippen LogP contribution is -2.40. The zero-order chi connectivity index (χ0) is 14.4. The van der Waals surface area contributed by atoms with Gasteiger partial charge in [0.15, 0.2) is 0 Å². The van der Waals surface area contributed by atoms with Gasteiger partial charge in [-0.25, -0.2) is 0 Å². The average molecular weight is 273 g/mol. The molecule has 0 bridgehead atoms. The molecule has 2 nitrogen and oxygen atoms in total. The summed E-state index contributed by atoms with van der Waals surface area (Å²) < 4.78 is 5.72. The van der Waals surface area contributed by atoms with E-state index in [0.29, 0.717) is 12.6 Å². The molecule has 0 spiro atoms. The standard InChI is InChI=1S/C18H27NO/c1-4-12-20-18-11-6-5-9-16(18)13-19-17-10-7-8-14(2)15(17)3/h4-6,9,11,14-15,17,19H,1,7-8,10,12-13H2,2-3H3/t14-,15+,17-/m0/s1. The molecule has 0 aromatic heterocycles. The molecule has 3 atom stereocenters. The molecular weight excluding hydrogens is 246 g/mol. The van der Waals surface area contributed by atoms with E-state index in [4.69, 9.17) is 4.74 Å². The summed E-state index contributed by atoms with van der Waals surface area (Å²) in [5.74, 6) is 2.55. The molecule has 110 valence electrons. The molecule has 1 aromatic carbocycles. The molecule has 0 unspecified atom stereocenters. The van der Waals surface area contributed by atoms with Gasteiger partial charge in [0.2, 0.25) is 0 Å². The third-order valence-electron chi connectivity index (χ3n) is 4.59. The van der Waals surface area contributed by atoms with Crippen LogP contribution in [0.5, 0.6) is 5.75 Å². The lowest BCUT2D eigenvalue weighted by molar-refractivity contribution is 0.205. The van der Waals surface area contributed by atoms with Gasteiger partial charge in [0, 0.05) is 18.2 Å². The van der Waals surface area contributed by atoms with Gasteiger partial charge in [0.05, 0.1) is 0 Å². The van der Waals surface area contributed by atoms with Gasteiger partial charge in [-0.05, 0) is 24.3 Å². The quantitative estimate of drug-likeness (QED) is 0.786. The molecule has 1 aliphatic rings. The van der Waals surface area contributed by atoms with Crippen molar-refractivity contribution in [1.29, 1.82) is 0 Å². The van der Waals surface area contributed by atoms with Gasteiger partial charge >= 0.3 is 0 Å². The first-order chi connectivity index (χ1) is 9.72. The Morgan fingerprint density at radius 1 is 1.30 bits per heavy atom. The third-order valence-corrected chi connectivity index (χ3v) is 4.59. The fraction of sp³-hybridized carbons (Fsp3) is 0.556. The number of benzene rings is 1. The van der Waals surface area contributed by atoms with Gasteiger partial charge in [0.25, 0.3) is 0 Å². The largest absolute Gasteiger partial charge is 0.489 e. The van der Waals surface area contributed by atoms with Gasteiger partial charge in [-0.2, -0.15) is 0 Å². The van der Waals surface area contributed by atoms with Crippen molar-refractivity contribution in [2.45, 2.75) is 45.7 Å². The van der Waals surface area contributed by atoms with Gasteiger partial charge in [-0.3, -0.25) is 0 Å². The lowest BCUT2D eigenvalue weighted by Gasteiger charge is -2.35. The molecule has 0 aliphatic heterocycles. The molecule has 2 heteroatoms. The van der Waals surface area contributed by atoms with E-state index < -0.39 is 0 Å². The average Bonchev–Trinajstić information content (AvgIpc) is 2.47. The fourth-order valence-electron chi connectivity index (χ4n) is 3.05. The van der Waals surface area contributed by atoms with E-state index in [1.165, 1.54) is 24.8 Å². The number of nitrogens with one attached hydrogen (secondary N) is 1. The van der Waals surface area contributed by atoms with E-state index in [1.54, 1.807) is 6.08 Å². The van der Waals surface area contributed by atoms with E-state index in [1.807, 2.05) is 12.1 Å². The molecule has 20 heavy (non-hydrogen) atoms. The van der Waals surface area contributed by atoms with Crippen molar-refractivity contribution in [3.8, 4) is 5.75 Å². The molecule has 0 saturated heterocycles. The van der Waals surface area contributed by atoms with Crippen molar-refractivity contribution in [3.63, 3.8) is 0 Å². The maximum absolute atomic E-state index is 5.72. The highest BCUT2D eigenvalue weighted by Gasteiger charge is 2.26. The monoisotopic (exact) mass is 273 g/mol. The van der Waals surface area contributed by atoms with Crippen LogP contribution in [0.2, 0.25) is 0 Å². The van der Waals surface area contributed by atoms with Crippen LogP contribution in [-0.4, -0.2) is 12.6 Å². The fourth-order valence-corrected chi connectivity index (χ4v) is 3.05. The Morgan fingerprint density at radius 2 is 2.10 bits per heavy atom. The highest BCUT2D eigenvalue weighted by atomic mass is 16.5. The maximum Gasteiger partial charge on any atom is 0.124 e. The second-order valence-corrected chi connectivity index (χ2v) is 5.96. The first kappa shape index (κ1) is 15.1. The van der Waals surface area contributed by atoms with E-state index in [9.17, 15) is 0 Å². The molecule has 0 heterocycles. The predicted molar refractivity (Wildman–Crippen MR) is 84.9 cm³/mol. The number of hydrogen-bond acceptors (Lipinski definition) is 2. The van der Waals surface area contributed by atoms with Gasteiger partial charge in [-0.15, -0.1) is 0 Å². The summed E-state index contributed by atoms with van der Waals surface area (Å²) in [7, 11) is 0. The Labute approximate surface area is 123 Å². The molecule has 1 fully saturated rings. The van der Waals surface area contributed by atoms with Crippen molar-refractivity contribution in [1.82, 2.24) is 5.32 Å². The van der Waals surface area contributed by atoms with Crippen molar-refractivity contribution >= 4 is 0 Å². The maximum atomic E-state index is 5.72. The zero-order valence-corrected chi connectivity index (χ0v) is 12.8. The van der Waals surface area contributed by atoms with Crippen molar-refractivity contribution in [2.75, 3.05) is 6.61 Å². The smallest absolute Gasteiger partial charge is 0.124 e. The molecular formula is C18H27NO. The Morgan fingerprint density at radius 3 is 2.90 bits per heavy atom. The number of para-hydroxylation sites is 1. The molecule has 1 N–H and O–H groups in total. The summed E-state index contributed by atoms with van der Waals surface area (Å²) in [6.07, 6.45) is 5.80. The summed E-state index contributed by atoms with van der Waals surface area (Å²) in [4.78, 5) is 0. The minimum atomic E-state index is 0.563. The van der Waals surface area contributed by atoms with Gasteiger partial charge in [0.1, 0.15) is 12.4 Å². The number of hydrogen-bond donors (Lipinski definition) is 1. The number of ether oxygens (including phenoxy) is 1. The first-order valence-electron chi connectivity index (χ1n) is 7.77. The third kappa shape index (κ3) is 3.86. The van der Waals surface area contributed by atoms with Crippen LogP contribution in [-0.2, 0) is 6.54 Å². The molecule has 2 rings (SSSR count). The van der Waals surface area contributed by atoms with E-state index in [0.717, 1.165) is 24.1 Å². The lowest BCUT2D eigenvalue weighted by atomic mass is 9.78. The van der Waals surface area contributed by atoms with Crippen LogP contribution in [0, 0.1) is 11.8 Å². The first-order valence-corrected chi connectivity index (χ1v) is 7.77. The van der Waals surface area contributed by atoms with Crippen LogP contribution in [0.4, 0.5) is 0 Å². The van der Waals surface area contributed by atoms with Crippen LogP contribution < -0.4 is 10.1 Å². The summed E-state index contributed by atoms with van der Waals surface area (Å²) in [5.41, 5.74) is 1.24. The molecule has 1 aliphatic carbocycles. The summed E-state index contributed by atoms with van der Waals surface area (Å²) in [5, 5.41) is 3.73.